The third-order valence-electron chi connectivity index (χ3n) is 3.40. The standard InChI is InChI=1S/C14H15BrFN3O/c1-14(8-17,9-2-3-9)19-13(20)7-18-12-5-4-10(15)6-11(12)16/h4-6,9,18H,2-3,7H2,1H3,(H,19,20). The fourth-order valence-electron chi connectivity index (χ4n) is 2.02. The lowest BCUT2D eigenvalue weighted by molar-refractivity contribution is -0.120. The lowest BCUT2D eigenvalue weighted by Crippen LogP contribution is -2.48. The van der Waals surface area contributed by atoms with E-state index in [9.17, 15) is 9.18 Å². The average molecular weight is 340 g/mol. The fraction of sp³-hybridized carbons (Fsp3) is 0.429. The maximum absolute atomic E-state index is 13.6. The van der Waals surface area contributed by atoms with Gasteiger partial charge in [0.2, 0.25) is 5.91 Å². The molecule has 1 atom stereocenters. The number of anilines is 1. The van der Waals surface area contributed by atoms with Crippen LogP contribution >= 0.6 is 15.9 Å². The van der Waals surface area contributed by atoms with E-state index in [0.29, 0.717) is 4.47 Å². The van der Waals surface area contributed by atoms with Crippen LogP contribution in [0, 0.1) is 23.1 Å². The number of carbonyl (C=O) groups is 1. The monoisotopic (exact) mass is 339 g/mol. The van der Waals surface area contributed by atoms with Gasteiger partial charge in [0, 0.05) is 4.47 Å². The smallest absolute Gasteiger partial charge is 0.240 e. The molecule has 1 amide bonds. The van der Waals surface area contributed by atoms with Gasteiger partial charge in [-0.05, 0) is 43.9 Å². The minimum Gasteiger partial charge on any atom is -0.374 e. The summed E-state index contributed by atoms with van der Waals surface area (Å²) < 4.78 is 14.2. The molecule has 1 aromatic carbocycles. The van der Waals surface area contributed by atoms with Crippen molar-refractivity contribution in [1.29, 1.82) is 5.26 Å². The number of hydrogen-bond donors (Lipinski definition) is 2. The molecule has 0 heterocycles. The maximum Gasteiger partial charge on any atom is 0.240 e. The van der Waals surface area contributed by atoms with Crippen LogP contribution in [0.5, 0.6) is 0 Å². The second-order valence-corrected chi connectivity index (χ2v) is 6.03. The Morgan fingerprint density at radius 3 is 2.85 bits per heavy atom. The van der Waals surface area contributed by atoms with Crippen LogP contribution in [0.4, 0.5) is 10.1 Å². The van der Waals surface area contributed by atoms with Crippen LogP contribution in [0.2, 0.25) is 0 Å². The van der Waals surface area contributed by atoms with Crippen LogP contribution in [-0.4, -0.2) is 18.0 Å². The van der Waals surface area contributed by atoms with Crippen molar-refractivity contribution in [2.45, 2.75) is 25.3 Å². The molecule has 0 bridgehead atoms. The van der Waals surface area contributed by atoms with Crippen molar-refractivity contribution in [2.75, 3.05) is 11.9 Å². The molecule has 1 unspecified atom stereocenters. The zero-order valence-electron chi connectivity index (χ0n) is 11.0. The van der Waals surface area contributed by atoms with Crippen molar-refractivity contribution in [1.82, 2.24) is 5.32 Å². The Labute approximate surface area is 125 Å². The van der Waals surface area contributed by atoms with E-state index in [2.05, 4.69) is 32.6 Å². The zero-order chi connectivity index (χ0) is 14.8. The van der Waals surface area contributed by atoms with Gasteiger partial charge in [-0.25, -0.2) is 4.39 Å². The van der Waals surface area contributed by atoms with Crippen LogP contribution in [0.3, 0.4) is 0 Å². The van der Waals surface area contributed by atoms with Crippen molar-refractivity contribution >= 4 is 27.5 Å². The predicted octanol–water partition coefficient (Wildman–Crippen LogP) is 2.81. The predicted molar refractivity (Wildman–Crippen MR) is 77.5 cm³/mol. The van der Waals surface area contributed by atoms with E-state index in [-0.39, 0.29) is 24.1 Å². The molecule has 0 saturated heterocycles. The van der Waals surface area contributed by atoms with Crippen molar-refractivity contribution < 1.29 is 9.18 Å². The molecule has 1 aromatic rings. The van der Waals surface area contributed by atoms with Gasteiger partial charge in [-0.2, -0.15) is 5.26 Å². The second kappa shape index (κ2) is 5.80. The fourth-order valence-corrected chi connectivity index (χ4v) is 2.36. The van der Waals surface area contributed by atoms with E-state index in [1.165, 1.54) is 6.07 Å². The molecule has 0 aromatic heterocycles. The SMILES string of the molecule is CC(C#N)(NC(=O)CNc1ccc(Br)cc1F)C1CC1. The number of nitriles is 1. The van der Waals surface area contributed by atoms with Crippen molar-refractivity contribution in [3.8, 4) is 6.07 Å². The number of benzene rings is 1. The first-order valence-electron chi connectivity index (χ1n) is 6.36. The molecule has 0 aliphatic heterocycles. The first-order valence-corrected chi connectivity index (χ1v) is 7.15. The second-order valence-electron chi connectivity index (χ2n) is 5.11. The minimum atomic E-state index is -0.822. The summed E-state index contributed by atoms with van der Waals surface area (Å²) in [5, 5.41) is 14.6. The van der Waals surface area contributed by atoms with Gasteiger partial charge in [0.1, 0.15) is 11.4 Å². The van der Waals surface area contributed by atoms with Crippen LogP contribution in [0.1, 0.15) is 19.8 Å². The van der Waals surface area contributed by atoms with Gasteiger partial charge >= 0.3 is 0 Å². The van der Waals surface area contributed by atoms with Gasteiger partial charge in [-0.1, -0.05) is 15.9 Å². The Hall–Kier alpha value is -1.61. The molecular formula is C14H15BrFN3O. The summed E-state index contributed by atoms with van der Waals surface area (Å²) in [4.78, 5) is 11.8. The van der Waals surface area contributed by atoms with Crippen LogP contribution in [0.15, 0.2) is 22.7 Å². The van der Waals surface area contributed by atoms with Gasteiger partial charge in [0.15, 0.2) is 0 Å². The summed E-state index contributed by atoms with van der Waals surface area (Å²) in [5.41, 5.74) is -0.565. The summed E-state index contributed by atoms with van der Waals surface area (Å²) in [5.74, 6) is -0.526. The van der Waals surface area contributed by atoms with Gasteiger partial charge in [-0.3, -0.25) is 4.79 Å². The summed E-state index contributed by atoms with van der Waals surface area (Å²) >= 11 is 3.17. The molecule has 1 fully saturated rings. The molecule has 2 N–H and O–H groups in total. The number of hydrogen-bond acceptors (Lipinski definition) is 3. The molecular weight excluding hydrogens is 325 g/mol. The Morgan fingerprint density at radius 1 is 1.60 bits per heavy atom. The highest BCUT2D eigenvalue weighted by Gasteiger charge is 2.42. The highest BCUT2D eigenvalue weighted by Crippen LogP contribution is 2.39. The Bertz CT molecular complexity index is 568. The molecule has 1 aliphatic carbocycles. The summed E-state index contributed by atoms with van der Waals surface area (Å²) in [6.45, 7) is 1.66. The minimum absolute atomic E-state index is 0.0669. The number of rotatable bonds is 5. The van der Waals surface area contributed by atoms with E-state index in [4.69, 9.17) is 5.26 Å². The third-order valence-corrected chi connectivity index (χ3v) is 3.89. The lowest BCUT2D eigenvalue weighted by Gasteiger charge is -2.23. The Kier molecular flexibility index (Phi) is 4.29. The Balaban J connectivity index is 1.90. The summed E-state index contributed by atoms with van der Waals surface area (Å²) in [6.07, 6.45) is 1.91. The molecule has 2 rings (SSSR count). The van der Waals surface area contributed by atoms with E-state index in [1.54, 1.807) is 19.1 Å². The number of nitrogens with one attached hydrogen (secondary N) is 2. The maximum atomic E-state index is 13.6. The highest BCUT2D eigenvalue weighted by atomic mass is 79.9. The normalized spacial score (nSPS) is 16.9. The topological polar surface area (TPSA) is 64.9 Å². The van der Waals surface area contributed by atoms with Gasteiger partial charge < -0.3 is 10.6 Å². The van der Waals surface area contributed by atoms with E-state index >= 15 is 0 Å². The molecule has 1 saturated carbocycles. The van der Waals surface area contributed by atoms with E-state index in [0.717, 1.165) is 12.8 Å². The molecule has 106 valence electrons. The third kappa shape index (κ3) is 3.48. The highest BCUT2D eigenvalue weighted by molar-refractivity contribution is 9.10. The molecule has 4 nitrogen and oxygen atoms in total. The van der Waals surface area contributed by atoms with Crippen LogP contribution < -0.4 is 10.6 Å². The van der Waals surface area contributed by atoms with Crippen LogP contribution in [-0.2, 0) is 4.79 Å². The van der Waals surface area contributed by atoms with E-state index in [1.807, 2.05) is 0 Å². The molecule has 20 heavy (non-hydrogen) atoms. The average Bonchev–Trinajstić information content (AvgIpc) is 3.22. The van der Waals surface area contributed by atoms with Crippen LogP contribution in [0.25, 0.3) is 0 Å². The summed E-state index contributed by atoms with van der Waals surface area (Å²) in [7, 11) is 0. The van der Waals surface area contributed by atoms with Gasteiger partial charge in [-0.15, -0.1) is 0 Å². The quantitative estimate of drug-likeness (QED) is 0.866. The molecule has 0 radical (unpaired) electrons. The van der Waals surface area contributed by atoms with Gasteiger partial charge in [0.05, 0.1) is 18.3 Å². The van der Waals surface area contributed by atoms with Crippen molar-refractivity contribution in [3.63, 3.8) is 0 Å². The van der Waals surface area contributed by atoms with E-state index < -0.39 is 11.4 Å². The van der Waals surface area contributed by atoms with Gasteiger partial charge in [0.25, 0.3) is 0 Å². The number of carbonyl (C=O) groups excluding carboxylic acids is 1. The number of nitrogens with zero attached hydrogens (tertiary/aromatic N) is 1. The molecule has 6 heteroatoms. The number of halogens is 2. The summed E-state index contributed by atoms with van der Waals surface area (Å²) in [6, 6.07) is 6.71. The molecule has 0 spiro atoms. The Morgan fingerprint density at radius 2 is 2.30 bits per heavy atom. The first kappa shape index (κ1) is 14.8. The largest absolute Gasteiger partial charge is 0.374 e. The number of amides is 1. The zero-order valence-corrected chi connectivity index (χ0v) is 12.6. The van der Waals surface area contributed by atoms with Crippen molar-refractivity contribution in [2.24, 2.45) is 5.92 Å². The lowest BCUT2D eigenvalue weighted by atomic mass is 9.98. The molecule has 1 aliphatic rings. The first-order chi connectivity index (χ1) is 9.44. The van der Waals surface area contributed by atoms with Crippen molar-refractivity contribution in [3.05, 3.63) is 28.5 Å².